The molecule has 0 radical (unpaired) electrons. The molecule has 2 rings (SSSR count). The Morgan fingerprint density at radius 2 is 1.86 bits per heavy atom. The molecule has 0 atom stereocenters. The summed E-state index contributed by atoms with van der Waals surface area (Å²) in [6.07, 6.45) is 0. The van der Waals surface area contributed by atoms with Crippen molar-refractivity contribution < 1.29 is 18.0 Å². The molecule has 118 valence electrons. The van der Waals surface area contributed by atoms with Crippen LogP contribution in [-0.4, -0.2) is 33.0 Å². The van der Waals surface area contributed by atoms with E-state index in [4.69, 9.17) is 4.84 Å². The van der Waals surface area contributed by atoms with Gasteiger partial charge in [0.2, 0.25) is 0 Å². The molecule has 0 bridgehead atoms. The number of sulfonamides is 1. The number of nitrogens with zero attached hydrogens (tertiary/aromatic N) is 1. The number of hydrogen-bond acceptors (Lipinski definition) is 5. The van der Waals surface area contributed by atoms with Crippen LogP contribution < -0.4 is 5.32 Å². The molecule has 6 nitrogen and oxygen atoms in total. The fraction of sp³-hybridized carbons (Fsp3) is 0.154. The van der Waals surface area contributed by atoms with Crippen molar-refractivity contribution in [1.82, 2.24) is 4.47 Å². The molecule has 1 amide bonds. The van der Waals surface area contributed by atoms with Crippen LogP contribution in [0.15, 0.2) is 45.1 Å². The maximum Gasteiger partial charge on any atom is 0.265 e. The van der Waals surface area contributed by atoms with E-state index in [1.54, 1.807) is 12.1 Å². The van der Waals surface area contributed by atoms with Crippen molar-refractivity contribution >= 4 is 48.9 Å². The summed E-state index contributed by atoms with van der Waals surface area (Å²) in [5, 5.41) is 2.70. The second-order valence-electron chi connectivity index (χ2n) is 4.18. The number of carbonyl (C=O) groups excluding carboxylic acids is 1. The van der Waals surface area contributed by atoms with Crippen molar-refractivity contribution in [1.29, 1.82) is 0 Å². The predicted molar refractivity (Wildman–Crippen MR) is 88.4 cm³/mol. The Kier molecular flexibility index (Phi) is 5.35. The van der Waals surface area contributed by atoms with Crippen LogP contribution >= 0.6 is 27.3 Å². The van der Waals surface area contributed by atoms with E-state index < -0.39 is 10.0 Å². The molecule has 1 N–H and O–H groups in total. The maximum absolute atomic E-state index is 12.0. The van der Waals surface area contributed by atoms with Gasteiger partial charge in [0, 0.05) is 12.7 Å². The molecule has 0 saturated heterocycles. The van der Waals surface area contributed by atoms with Crippen LogP contribution in [0.4, 0.5) is 5.69 Å². The van der Waals surface area contributed by atoms with Gasteiger partial charge in [0.1, 0.15) is 0 Å². The van der Waals surface area contributed by atoms with Crippen molar-refractivity contribution in [2.45, 2.75) is 4.90 Å². The van der Waals surface area contributed by atoms with Gasteiger partial charge in [-0.1, -0.05) is 4.47 Å². The second-order valence-corrected chi connectivity index (χ2v) is 8.58. The molecule has 1 aromatic heterocycles. The third-order valence-electron chi connectivity index (χ3n) is 2.80. The number of anilines is 1. The van der Waals surface area contributed by atoms with E-state index >= 15 is 0 Å². The lowest BCUT2D eigenvalue weighted by molar-refractivity contribution is -0.0258. The molecule has 0 aliphatic rings. The van der Waals surface area contributed by atoms with Crippen molar-refractivity contribution in [3.8, 4) is 0 Å². The maximum atomic E-state index is 12.0. The minimum atomic E-state index is -3.69. The number of hydrogen-bond donors (Lipinski definition) is 1. The van der Waals surface area contributed by atoms with E-state index in [0.29, 0.717) is 10.6 Å². The first-order valence-electron chi connectivity index (χ1n) is 6.04. The van der Waals surface area contributed by atoms with Crippen LogP contribution in [-0.2, 0) is 14.9 Å². The van der Waals surface area contributed by atoms with Crippen LogP contribution in [0.5, 0.6) is 0 Å². The van der Waals surface area contributed by atoms with Crippen LogP contribution in [0.3, 0.4) is 0 Å². The molecule has 0 unspecified atom stereocenters. The molecular weight excluding hydrogens is 392 g/mol. The van der Waals surface area contributed by atoms with Gasteiger partial charge in [0.15, 0.2) is 0 Å². The highest BCUT2D eigenvalue weighted by Crippen LogP contribution is 2.23. The van der Waals surface area contributed by atoms with Crippen molar-refractivity contribution in [2.24, 2.45) is 0 Å². The van der Waals surface area contributed by atoms with E-state index in [0.717, 1.165) is 8.25 Å². The molecule has 0 aliphatic carbocycles. The summed E-state index contributed by atoms with van der Waals surface area (Å²) in [4.78, 5) is 17.3. The topological polar surface area (TPSA) is 75.7 Å². The Morgan fingerprint density at radius 3 is 2.36 bits per heavy atom. The van der Waals surface area contributed by atoms with Crippen molar-refractivity contribution in [2.75, 3.05) is 19.5 Å². The van der Waals surface area contributed by atoms with Gasteiger partial charge in [-0.2, -0.15) is 0 Å². The Morgan fingerprint density at radius 1 is 1.23 bits per heavy atom. The van der Waals surface area contributed by atoms with E-state index in [-0.39, 0.29) is 10.8 Å². The summed E-state index contributed by atoms with van der Waals surface area (Å²) in [6, 6.07) is 9.36. The van der Waals surface area contributed by atoms with Crippen LogP contribution in [0.2, 0.25) is 0 Å². The van der Waals surface area contributed by atoms with E-state index in [9.17, 15) is 13.2 Å². The number of thiophene rings is 1. The number of carbonyl (C=O) groups is 1. The zero-order chi connectivity index (χ0) is 16.3. The predicted octanol–water partition coefficient (Wildman–Crippen LogP) is 2.94. The van der Waals surface area contributed by atoms with Gasteiger partial charge in [0.05, 0.1) is 20.7 Å². The summed E-state index contributed by atoms with van der Waals surface area (Å²) in [6.45, 7) is 0. The first kappa shape index (κ1) is 17.1. The standard InChI is InChI=1S/C13H13BrN2O4S2/c1-16(20-2)22(18,19)10-5-3-9(4-6-10)15-13(17)11-7-8-12(14)21-11/h3-8H,1-2H3,(H,15,17). The first-order valence-corrected chi connectivity index (χ1v) is 9.09. The van der Waals surface area contributed by atoms with Crippen LogP contribution in [0.1, 0.15) is 9.67 Å². The van der Waals surface area contributed by atoms with Gasteiger partial charge in [0.25, 0.3) is 15.9 Å². The minimum Gasteiger partial charge on any atom is -0.321 e. The smallest absolute Gasteiger partial charge is 0.265 e. The molecule has 0 aliphatic heterocycles. The summed E-state index contributed by atoms with van der Waals surface area (Å²) in [5.74, 6) is -0.250. The highest BCUT2D eigenvalue weighted by Gasteiger charge is 2.20. The lowest BCUT2D eigenvalue weighted by atomic mass is 10.3. The van der Waals surface area contributed by atoms with Crippen molar-refractivity contribution in [3.63, 3.8) is 0 Å². The Bertz CT molecular complexity index is 772. The molecule has 9 heteroatoms. The number of nitrogens with one attached hydrogen (secondary N) is 1. The number of rotatable bonds is 5. The molecule has 1 aromatic carbocycles. The normalized spacial score (nSPS) is 11.6. The van der Waals surface area contributed by atoms with E-state index in [1.165, 1.54) is 49.8 Å². The summed E-state index contributed by atoms with van der Waals surface area (Å²) in [7, 11) is -1.11. The average Bonchev–Trinajstić information content (AvgIpc) is 2.93. The Hall–Kier alpha value is -1.26. The summed E-state index contributed by atoms with van der Waals surface area (Å²) in [5.41, 5.74) is 0.508. The minimum absolute atomic E-state index is 0.0775. The molecule has 0 fully saturated rings. The Balaban J connectivity index is 2.14. The van der Waals surface area contributed by atoms with Gasteiger partial charge >= 0.3 is 0 Å². The fourth-order valence-corrected chi connectivity index (χ4v) is 3.84. The number of benzene rings is 1. The van der Waals surface area contributed by atoms with Gasteiger partial charge in [-0.3, -0.25) is 9.63 Å². The largest absolute Gasteiger partial charge is 0.321 e. The van der Waals surface area contributed by atoms with Crippen molar-refractivity contribution in [3.05, 3.63) is 45.1 Å². The van der Waals surface area contributed by atoms with Gasteiger partial charge in [-0.05, 0) is 52.3 Å². The molecule has 0 spiro atoms. The monoisotopic (exact) mass is 404 g/mol. The zero-order valence-electron chi connectivity index (χ0n) is 11.7. The summed E-state index contributed by atoms with van der Waals surface area (Å²) < 4.78 is 25.7. The van der Waals surface area contributed by atoms with Gasteiger partial charge in [-0.15, -0.1) is 11.3 Å². The molecule has 1 heterocycles. The third-order valence-corrected chi connectivity index (χ3v) is 6.12. The number of halogens is 1. The Labute approximate surface area is 140 Å². The zero-order valence-corrected chi connectivity index (χ0v) is 15.0. The second kappa shape index (κ2) is 6.88. The quantitative estimate of drug-likeness (QED) is 0.777. The molecular formula is C13H13BrN2O4S2. The highest BCUT2D eigenvalue weighted by molar-refractivity contribution is 9.11. The van der Waals surface area contributed by atoms with E-state index in [1.807, 2.05) is 0 Å². The molecule has 2 aromatic rings. The lowest BCUT2D eigenvalue weighted by Gasteiger charge is -2.14. The van der Waals surface area contributed by atoms with Crippen LogP contribution in [0.25, 0.3) is 0 Å². The molecule has 0 saturated carbocycles. The third kappa shape index (κ3) is 3.73. The SMILES string of the molecule is CON(C)S(=O)(=O)c1ccc(NC(=O)c2ccc(Br)s2)cc1. The highest BCUT2D eigenvalue weighted by atomic mass is 79.9. The molecule has 22 heavy (non-hydrogen) atoms. The number of hydroxylamine groups is 1. The first-order chi connectivity index (χ1) is 10.3. The average molecular weight is 405 g/mol. The lowest BCUT2D eigenvalue weighted by Crippen LogP contribution is -2.25. The number of amides is 1. The fourth-order valence-electron chi connectivity index (χ4n) is 1.59. The van der Waals surface area contributed by atoms with Gasteiger partial charge < -0.3 is 5.32 Å². The van der Waals surface area contributed by atoms with Gasteiger partial charge in [-0.25, -0.2) is 8.42 Å². The summed E-state index contributed by atoms with van der Waals surface area (Å²) >= 11 is 4.61. The van der Waals surface area contributed by atoms with Crippen LogP contribution in [0, 0.1) is 0 Å². The van der Waals surface area contributed by atoms with E-state index in [2.05, 4.69) is 21.2 Å².